The van der Waals surface area contributed by atoms with Crippen LogP contribution in [0.1, 0.15) is 29.3 Å². The highest BCUT2D eigenvalue weighted by Crippen LogP contribution is 2.22. The van der Waals surface area contributed by atoms with Crippen molar-refractivity contribution in [2.45, 2.75) is 44.9 Å². The maximum atomic E-state index is 12.5. The first-order valence-corrected chi connectivity index (χ1v) is 10.1. The second kappa shape index (κ2) is 8.97. The molecule has 1 aromatic carbocycles. The molecule has 0 saturated carbocycles. The molecule has 0 unspecified atom stereocenters. The Bertz CT molecular complexity index is 792. The molecule has 3 rings (SSSR count). The first-order valence-electron chi connectivity index (χ1n) is 9.19. The number of nitrogens with zero attached hydrogens (tertiary/aromatic N) is 1. The summed E-state index contributed by atoms with van der Waals surface area (Å²) in [5.74, 6) is -0.234. The van der Waals surface area contributed by atoms with Crippen molar-refractivity contribution in [1.82, 2.24) is 10.2 Å². The number of fused-ring (bicyclic) bond motifs is 1. The highest BCUT2D eigenvalue weighted by Gasteiger charge is 2.22. The van der Waals surface area contributed by atoms with Gasteiger partial charge in [0.1, 0.15) is 0 Å². The molecule has 3 N–H and O–H groups in total. The van der Waals surface area contributed by atoms with Crippen LogP contribution in [0.5, 0.6) is 0 Å². The van der Waals surface area contributed by atoms with E-state index >= 15 is 0 Å². The summed E-state index contributed by atoms with van der Waals surface area (Å²) in [5.41, 5.74) is 8.40. The summed E-state index contributed by atoms with van der Waals surface area (Å²) in [6.07, 6.45) is 4.54. The Labute approximate surface area is 163 Å². The summed E-state index contributed by atoms with van der Waals surface area (Å²) < 4.78 is 0. The van der Waals surface area contributed by atoms with Crippen LogP contribution in [0.4, 0.5) is 0 Å². The van der Waals surface area contributed by atoms with Crippen molar-refractivity contribution < 1.29 is 9.59 Å². The smallest absolute Gasteiger partial charge is 0.246 e. The fraction of sp³-hybridized carbons (Fsp3) is 0.333. The quantitative estimate of drug-likeness (QED) is 0.722. The van der Waals surface area contributed by atoms with Gasteiger partial charge >= 0.3 is 0 Å². The van der Waals surface area contributed by atoms with Crippen molar-refractivity contribution in [1.29, 1.82) is 0 Å². The largest absolute Gasteiger partial charge is 0.349 e. The maximum absolute atomic E-state index is 12.5. The number of carbonyl (C=O) groups is 2. The highest BCUT2D eigenvalue weighted by molar-refractivity contribution is 7.09. The van der Waals surface area contributed by atoms with Crippen LogP contribution < -0.4 is 11.1 Å². The van der Waals surface area contributed by atoms with Gasteiger partial charge in [-0.1, -0.05) is 43.3 Å². The molecule has 1 aromatic heterocycles. The fourth-order valence-electron chi connectivity index (χ4n) is 3.11. The Morgan fingerprint density at radius 3 is 2.52 bits per heavy atom. The number of benzene rings is 1. The molecule has 2 heterocycles. The molecule has 2 aromatic rings. The predicted octanol–water partition coefficient (Wildman–Crippen LogP) is 2.61. The van der Waals surface area contributed by atoms with Gasteiger partial charge in [-0.2, -0.15) is 0 Å². The van der Waals surface area contributed by atoms with Gasteiger partial charge in [-0.15, -0.1) is 11.3 Å². The monoisotopic (exact) mass is 383 g/mol. The normalized spacial score (nSPS) is 15.6. The van der Waals surface area contributed by atoms with Crippen LogP contribution in [0.25, 0.3) is 0 Å². The van der Waals surface area contributed by atoms with Crippen molar-refractivity contribution in [3.8, 4) is 0 Å². The van der Waals surface area contributed by atoms with E-state index in [0.29, 0.717) is 25.9 Å². The molecule has 1 aliphatic rings. The Kier molecular flexibility index (Phi) is 6.42. The third-order valence-electron chi connectivity index (χ3n) is 4.73. The lowest BCUT2D eigenvalue weighted by atomic mass is 10.1. The SMILES string of the molecule is CC[C@@H](/C=C/C(=O)N1Cc2ccccc2C1)NC(=O)[C@@H](N)Cc1cccs1. The van der Waals surface area contributed by atoms with Crippen LogP contribution in [0, 0.1) is 0 Å². The topological polar surface area (TPSA) is 75.4 Å². The van der Waals surface area contributed by atoms with Crippen LogP contribution in [0.3, 0.4) is 0 Å². The molecule has 0 aliphatic carbocycles. The molecule has 142 valence electrons. The van der Waals surface area contributed by atoms with E-state index in [2.05, 4.69) is 17.4 Å². The third-order valence-corrected chi connectivity index (χ3v) is 5.63. The Balaban J connectivity index is 1.52. The summed E-state index contributed by atoms with van der Waals surface area (Å²) in [4.78, 5) is 27.7. The molecule has 27 heavy (non-hydrogen) atoms. The van der Waals surface area contributed by atoms with Gasteiger partial charge in [-0.25, -0.2) is 0 Å². The van der Waals surface area contributed by atoms with Gasteiger partial charge in [0.25, 0.3) is 0 Å². The Hall–Kier alpha value is -2.44. The van der Waals surface area contributed by atoms with Gasteiger partial charge in [-0.3, -0.25) is 9.59 Å². The number of rotatable bonds is 7. The first-order chi connectivity index (χ1) is 13.1. The van der Waals surface area contributed by atoms with E-state index in [4.69, 9.17) is 5.73 Å². The lowest BCUT2D eigenvalue weighted by molar-refractivity contribution is -0.126. The van der Waals surface area contributed by atoms with E-state index in [1.807, 2.05) is 36.6 Å². The molecule has 0 saturated heterocycles. The molecule has 2 atom stereocenters. The fourth-order valence-corrected chi connectivity index (χ4v) is 3.87. The minimum absolute atomic E-state index is 0.0400. The minimum atomic E-state index is -0.588. The van der Waals surface area contributed by atoms with Crippen LogP contribution in [0.15, 0.2) is 53.9 Å². The zero-order valence-electron chi connectivity index (χ0n) is 15.4. The molecule has 0 fully saturated rings. The second-order valence-corrected chi connectivity index (χ2v) is 7.77. The number of thiophene rings is 1. The standard InChI is InChI=1S/C21H25N3O2S/c1-2-17(23-21(26)19(22)12-18-8-5-11-27-18)9-10-20(25)24-13-15-6-3-4-7-16(15)14-24/h3-11,17,19H,2,12-14,22H2,1H3,(H,23,26)/b10-9+/t17-,19-/m0/s1. The molecule has 5 nitrogen and oxygen atoms in total. The summed E-state index contributed by atoms with van der Waals surface area (Å²) in [5, 5.41) is 4.90. The number of hydrogen-bond donors (Lipinski definition) is 2. The third kappa shape index (κ3) is 5.05. The predicted molar refractivity (Wildman–Crippen MR) is 108 cm³/mol. The van der Waals surface area contributed by atoms with E-state index in [-0.39, 0.29) is 17.9 Å². The van der Waals surface area contributed by atoms with E-state index < -0.39 is 6.04 Å². The minimum Gasteiger partial charge on any atom is -0.349 e. The van der Waals surface area contributed by atoms with Crippen LogP contribution in [-0.2, 0) is 29.1 Å². The van der Waals surface area contributed by atoms with Crippen molar-refractivity contribution in [3.05, 3.63) is 69.9 Å². The summed E-state index contributed by atoms with van der Waals surface area (Å²) in [6.45, 7) is 3.23. The lowest BCUT2D eigenvalue weighted by Gasteiger charge is -2.17. The lowest BCUT2D eigenvalue weighted by Crippen LogP contribution is -2.45. The van der Waals surface area contributed by atoms with Crippen molar-refractivity contribution in [2.75, 3.05) is 0 Å². The molecule has 0 spiro atoms. The zero-order valence-corrected chi connectivity index (χ0v) is 16.2. The van der Waals surface area contributed by atoms with E-state index in [1.54, 1.807) is 28.4 Å². The van der Waals surface area contributed by atoms with Crippen LogP contribution in [-0.4, -0.2) is 28.8 Å². The molecule has 2 amide bonds. The van der Waals surface area contributed by atoms with E-state index in [1.165, 1.54) is 11.1 Å². The summed E-state index contributed by atoms with van der Waals surface area (Å²) in [7, 11) is 0. The molecular formula is C21H25N3O2S. The van der Waals surface area contributed by atoms with Gasteiger partial charge < -0.3 is 16.0 Å². The number of nitrogens with one attached hydrogen (secondary N) is 1. The van der Waals surface area contributed by atoms with E-state index in [9.17, 15) is 9.59 Å². The number of hydrogen-bond acceptors (Lipinski definition) is 4. The molecular weight excluding hydrogens is 358 g/mol. The first kappa shape index (κ1) is 19.3. The number of nitrogens with two attached hydrogens (primary N) is 1. The average molecular weight is 384 g/mol. The van der Waals surface area contributed by atoms with E-state index in [0.717, 1.165) is 4.88 Å². The van der Waals surface area contributed by atoms with Gasteiger partial charge in [-0.05, 0) is 29.0 Å². The highest BCUT2D eigenvalue weighted by atomic mass is 32.1. The maximum Gasteiger partial charge on any atom is 0.246 e. The van der Waals surface area contributed by atoms with Crippen LogP contribution >= 0.6 is 11.3 Å². The van der Waals surface area contributed by atoms with Gasteiger partial charge in [0.15, 0.2) is 0 Å². The van der Waals surface area contributed by atoms with Gasteiger partial charge in [0, 0.05) is 36.5 Å². The number of carbonyl (C=O) groups excluding carboxylic acids is 2. The van der Waals surface area contributed by atoms with Crippen molar-refractivity contribution in [2.24, 2.45) is 5.73 Å². The van der Waals surface area contributed by atoms with Crippen molar-refractivity contribution in [3.63, 3.8) is 0 Å². The Morgan fingerprint density at radius 1 is 1.22 bits per heavy atom. The van der Waals surface area contributed by atoms with Crippen molar-refractivity contribution >= 4 is 23.2 Å². The Morgan fingerprint density at radius 2 is 1.93 bits per heavy atom. The molecule has 1 aliphatic heterocycles. The molecule has 6 heteroatoms. The summed E-state index contributed by atoms with van der Waals surface area (Å²) >= 11 is 1.59. The molecule has 0 bridgehead atoms. The second-order valence-electron chi connectivity index (χ2n) is 6.74. The van der Waals surface area contributed by atoms with Crippen LogP contribution in [0.2, 0.25) is 0 Å². The summed E-state index contributed by atoms with van der Waals surface area (Å²) in [6, 6.07) is 11.2. The van der Waals surface area contributed by atoms with Gasteiger partial charge in [0.2, 0.25) is 11.8 Å². The molecule has 0 radical (unpaired) electrons. The number of amides is 2. The van der Waals surface area contributed by atoms with Gasteiger partial charge in [0.05, 0.1) is 6.04 Å². The zero-order chi connectivity index (χ0) is 19.2. The average Bonchev–Trinajstić information content (AvgIpc) is 3.33.